The van der Waals surface area contributed by atoms with Crippen LogP contribution in [-0.4, -0.2) is 32.9 Å². The normalized spacial score (nSPS) is 10.5. The molecule has 0 aliphatic rings. The van der Waals surface area contributed by atoms with Gasteiger partial charge < -0.3 is 9.64 Å². The van der Waals surface area contributed by atoms with E-state index < -0.39 is 0 Å². The minimum Gasteiger partial charge on any atom is -0.497 e. The molecule has 0 saturated carbocycles. The average Bonchev–Trinajstić information content (AvgIpc) is 2.68. The number of aryl methyl sites for hydroxylation is 2. The Labute approximate surface area is 158 Å². The average molecular weight is 362 g/mol. The molecule has 3 aromatic rings. The lowest BCUT2D eigenvalue weighted by molar-refractivity contribution is 0.0726. The number of amides is 1. The number of nitrogens with zero attached hydrogens (tertiary/aromatic N) is 4. The van der Waals surface area contributed by atoms with E-state index >= 15 is 0 Å². The molecule has 0 aliphatic heterocycles. The molecule has 2 heterocycles. The zero-order valence-electron chi connectivity index (χ0n) is 15.7. The molecule has 0 aliphatic carbocycles. The van der Waals surface area contributed by atoms with Crippen LogP contribution in [0.2, 0.25) is 0 Å². The summed E-state index contributed by atoms with van der Waals surface area (Å²) in [5.41, 5.74) is 3.01. The van der Waals surface area contributed by atoms with E-state index in [4.69, 9.17) is 4.74 Å². The van der Waals surface area contributed by atoms with Gasteiger partial charge in [0.05, 0.1) is 30.6 Å². The predicted octanol–water partition coefficient (Wildman–Crippen LogP) is 3.34. The molecular weight excluding hydrogens is 340 g/mol. The Bertz CT molecular complexity index is 911. The molecule has 0 fully saturated rings. The third-order valence-electron chi connectivity index (χ3n) is 4.23. The van der Waals surface area contributed by atoms with Gasteiger partial charge in [-0.3, -0.25) is 9.78 Å². The number of hydrogen-bond acceptors (Lipinski definition) is 5. The van der Waals surface area contributed by atoms with Crippen LogP contribution in [0.3, 0.4) is 0 Å². The van der Waals surface area contributed by atoms with Gasteiger partial charge in [0.15, 0.2) is 0 Å². The second-order valence-corrected chi connectivity index (χ2v) is 6.25. The Morgan fingerprint density at radius 1 is 1.04 bits per heavy atom. The first-order valence-electron chi connectivity index (χ1n) is 8.69. The molecular formula is C21H22N4O2. The van der Waals surface area contributed by atoms with E-state index in [2.05, 4.69) is 15.0 Å². The summed E-state index contributed by atoms with van der Waals surface area (Å²) < 4.78 is 5.21. The summed E-state index contributed by atoms with van der Waals surface area (Å²) >= 11 is 0. The van der Waals surface area contributed by atoms with Gasteiger partial charge in [-0.15, -0.1) is 0 Å². The van der Waals surface area contributed by atoms with Crippen LogP contribution in [0.15, 0.2) is 54.9 Å². The molecule has 6 nitrogen and oxygen atoms in total. The second-order valence-electron chi connectivity index (χ2n) is 6.25. The molecule has 0 saturated heterocycles. The summed E-state index contributed by atoms with van der Waals surface area (Å²) in [6.45, 7) is 4.49. The van der Waals surface area contributed by atoms with Gasteiger partial charge >= 0.3 is 0 Å². The Kier molecular flexibility index (Phi) is 5.76. The van der Waals surface area contributed by atoms with Crippen molar-refractivity contribution >= 4 is 5.91 Å². The van der Waals surface area contributed by atoms with Crippen LogP contribution in [0.4, 0.5) is 0 Å². The van der Waals surface area contributed by atoms with Gasteiger partial charge in [0.1, 0.15) is 11.6 Å². The summed E-state index contributed by atoms with van der Waals surface area (Å²) in [5, 5.41) is 0. The van der Waals surface area contributed by atoms with Crippen molar-refractivity contribution in [1.29, 1.82) is 0 Å². The van der Waals surface area contributed by atoms with Crippen molar-refractivity contribution in [3.63, 3.8) is 0 Å². The molecule has 0 unspecified atom stereocenters. The number of aromatic nitrogens is 3. The molecule has 6 heteroatoms. The maximum absolute atomic E-state index is 13.2. The number of rotatable bonds is 6. The molecule has 0 atom stereocenters. The lowest BCUT2D eigenvalue weighted by Gasteiger charge is -2.23. The van der Waals surface area contributed by atoms with Crippen LogP contribution in [0, 0.1) is 13.8 Å². The Balaban J connectivity index is 1.89. The topological polar surface area (TPSA) is 68.2 Å². The van der Waals surface area contributed by atoms with E-state index in [0.717, 1.165) is 17.0 Å². The molecule has 0 N–H and O–H groups in total. The zero-order valence-corrected chi connectivity index (χ0v) is 15.7. The molecule has 138 valence electrons. The van der Waals surface area contributed by atoms with Crippen molar-refractivity contribution in [2.75, 3.05) is 7.11 Å². The van der Waals surface area contributed by atoms with Crippen LogP contribution >= 0.6 is 0 Å². The summed E-state index contributed by atoms with van der Waals surface area (Å²) in [4.78, 5) is 27.8. The fraction of sp³-hybridized carbons (Fsp3) is 0.238. The summed E-state index contributed by atoms with van der Waals surface area (Å²) in [5.74, 6) is 1.31. The minimum atomic E-state index is -0.117. The SMILES string of the molecule is COc1ccc(CN(Cc2ccccn2)C(=O)c2cnc(C)nc2C)cc1. The van der Waals surface area contributed by atoms with Crippen molar-refractivity contribution in [3.8, 4) is 5.75 Å². The largest absolute Gasteiger partial charge is 0.497 e. The Hall–Kier alpha value is -3.28. The zero-order chi connectivity index (χ0) is 19.2. The Morgan fingerprint density at radius 3 is 2.44 bits per heavy atom. The van der Waals surface area contributed by atoms with E-state index in [1.54, 1.807) is 24.4 Å². The summed E-state index contributed by atoms with van der Waals surface area (Å²) in [6.07, 6.45) is 3.32. The van der Waals surface area contributed by atoms with E-state index in [0.29, 0.717) is 30.2 Å². The van der Waals surface area contributed by atoms with E-state index in [1.165, 1.54) is 0 Å². The van der Waals surface area contributed by atoms with Gasteiger partial charge in [0.2, 0.25) is 0 Å². The van der Waals surface area contributed by atoms with Gasteiger partial charge in [0.25, 0.3) is 5.91 Å². The molecule has 0 radical (unpaired) electrons. The standard InChI is InChI=1S/C21H22N4O2/c1-15-20(12-23-16(2)24-15)21(26)25(14-18-6-4-5-11-22-18)13-17-7-9-19(27-3)10-8-17/h4-12H,13-14H2,1-3H3. The second kappa shape index (κ2) is 8.40. The van der Waals surface area contributed by atoms with E-state index in [1.807, 2.05) is 56.3 Å². The summed E-state index contributed by atoms with van der Waals surface area (Å²) in [6, 6.07) is 13.4. The van der Waals surface area contributed by atoms with Crippen molar-refractivity contribution in [3.05, 3.63) is 83.2 Å². The molecule has 0 spiro atoms. The number of benzene rings is 1. The third-order valence-corrected chi connectivity index (χ3v) is 4.23. The predicted molar refractivity (Wildman–Crippen MR) is 102 cm³/mol. The number of carbonyl (C=O) groups is 1. The first-order valence-corrected chi connectivity index (χ1v) is 8.69. The van der Waals surface area contributed by atoms with Crippen LogP contribution in [0.1, 0.15) is 33.1 Å². The molecule has 3 rings (SSSR count). The fourth-order valence-electron chi connectivity index (χ4n) is 2.80. The molecule has 1 aromatic carbocycles. The molecule has 27 heavy (non-hydrogen) atoms. The Morgan fingerprint density at radius 2 is 1.81 bits per heavy atom. The highest BCUT2D eigenvalue weighted by atomic mass is 16.5. The maximum Gasteiger partial charge on any atom is 0.257 e. The van der Waals surface area contributed by atoms with E-state index in [-0.39, 0.29) is 5.91 Å². The highest BCUT2D eigenvalue weighted by Gasteiger charge is 2.20. The van der Waals surface area contributed by atoms with Gasteiger partial charge in [-0.1, -0.05) is 18.2 Å². The number of carbonyl (C=O) groups excluding carboxylic acids is 1. The number of methoxy groups -OCH3 is 1. The fourth-order valence-corrected chi connectivity index (χ4v) is 2.80. The van der Waals surface area contributed by atoms with Gasteiger partial charge in [-0.25, -0.2) is 9.97 Å². The minimum absolute atomic E-state index is 0.117. The van der Waals surface area contributed by atoms with E-state index in [9.17, 15) is 4.79 Å². The van der Waals surface area contributed by atoms with Crippen molar-refractivity contribution in [1.82, 2.24) is 19.9 Å². The highest BCUT2D eigenvalue weighted by molar-refractivity contribution is 5.94. The van der Waals surface area contributed by atoms with Gasteiger partial charge in [-0.2, -0.15) is 0 Å². The number of pyridine rings is 1. The monoisotopic (exact) mass is 362 g/mol. The maximum atomic E-state index is 13.2. The van der Waals surface area contributed by atoms with Crippen molar-refractivity contribution < 1.29 is 9.53 Å². The van der Waals surface area contributed by atoms with Gasteiger partial charge in [0, 0.05) is 18.9 Å². The van der Waals surface area contributed by atoms with Crippen LogP contribution in [-0.2, 0) is 13.1 Å². The number of ether oxygens (including phenoxy) is 1. The molecule has 2 aromatic heterocycles. The van der Waals surface area contributed by atoms with Crippen LogP contribution in [0.25, 0.3) is 0 Å². The third kappa shape index (κ3) is 4.67. The van der Waals surface area contributed by atoms with Crippen molar-refractivity contribution in [2.24, 2.45) is 0 Å². The van der Waals surface area contributed by atoms with Crippen LogP contribution in [0.5, 0.6) is 5.75 Å². The smallest absolute Gasteiger partial charge is 0.257 e. The lowest BCUT2D eigenvalue weighted by Crippen LogP contribution is -2.31. The molecule has 1 amide bonds. The van der Waals surface area contributed by atoms with Crippen molar-refractivity contribution in [2.45, 2.75) is 26.9 Å². The van der Waals surface area contributed by atoms with Gasteiger partial charge in [-0.05, 0) is 43.7 Å². The quantitative estimate of drug-likeness (QED) is 0.673. The molecule has 0 bridgehead atoms. The first-order chi connectivity index (χ1) is 13.1. The number of hydrogen-bond donors (Lipinski definition) is 0. The highest BCUT2D eigenvalue weighted by Crippen LogP contribution is 2.17. The van der Waals surface area contributed by atoms with Crippen LogP contribution < -0.4 is 4.74 Å². The lowest BCUT2D eigenvalue weighted by atomic mass is 10.1. The summed E-state index contributed by atoms with van der Waals surface area (Å²) in [7, 11) is 1.63. The first kappa shape index (κ1) is 18.5.